The fourth-order valence-corrected chi connectivity index (χ4v) is 6.96. The molecule has 4 rings (SSSR count). The summed E-state index contributed by atoms with van der Waals surface area (Å²) in [6.07, 6.45) is 14.0. The number of rotatable bonds is 14. The normalized spacial score (nSPS) is 17.8. The number of nitro benzene ring substituents is 1. The Kier molecular flexibility index (Phi) is 10.4. The van der Waals surface area contributed by atoms with Gasteiger partial charge in [0.2, 0.25) is 5.69 Å². The van der Waals surface area contributed by atoms with Gasteiger partial charge in [0.1, 0.15) is 16.7 Å². The van der Waals surface area contributed by atoms with Crippen LogP contribution in [0.2, 0.25) is 0 Å². The Labute approximate surface area is 271 Å². The Morgan fingerprint density at radius 2 is 1.72 bits per heavy atom. The molecule has 2 aromatic carbocycles. The van der Waals surface area contributed by atoms with E-state index in [1.54, 1.807) is 18.2 Å². The highest BCUT2D eigenvalue weighted by Crippen LogP contribution is 2.49. The van der Waals surface area contributed by atoms with Crippen LogP contribution in [0, 0.1) is 10.1 Å². The molecule has 0 saturated heterocycles. The Balaban J connectivity index is 1.65. The van der Waals surface area contributed by atoms with E-state index in [1.165, 1.54) is 12.1 Å². The zero-order chi connectivity index (χ0) is 33.9. The van der Waals surface area contributed by atoms with E-state index in [9.17, 15) is 27.9 Å². The van der Waals surface area contributed by atoms with Crippen LogP contribution in [0.25, 0.3) is 0 Å². The SMILES string of the molecule is CCCCN1/C(=C/C=C/C=C/C2=[N+](CCCCCC(=O)O)c3ccc(S(=O)(=O)[O-])cc3C2(C)C)C(C)(C)c2cc([N+](=O)[O-])ccc21. The number of aliphatic carboxylic acids is 1. The molecule has 0 amide bonds. The Morgan fingerprint density at radius 3 is 2.37 bits per heavy atom. The second kappa shape index (κ2) is 13.7. The summed E-state index contributed by atoms with van der Waals surface area (Å²) in [7, 11) is -4.63. The second-order valence-electron chi connectivity index (χ2n) is 12.9. The molecule has 0 radical (unpaired) electrons. The molecule has 10 nitrogen and oxygen atoms in total. The summed E-state index contributed by atoms with van der Waals surface area (Å²) < 4.78 is 37.6. The molecule has 0 unspecified atom stereocenters. The van der Waals surface area contributed by atoms with Gasteiger partial charge < -0.3 is 14.6 Å². The quantitative estimate of drug-likeness (QED) is 0.0569. The van der Waals surface area contributed by atoms with Crippen LogP contribution in [0.15, 0.2) is 77.4 Å². The highest BCUT2D eigenvalue weighted by atomic mass is 32.2. The number of carboxylic acids is 1. The summed E-state index contributed by atoms with van der Waals surface area (Å²) in [6, 6.07) is 9.55. The zero-order valence-electron chi connectivity index (χ0n) is 27.2. The van der Waals surface area contributed by atoms with Gasteiger partial charge in [-0.2, -0.15) is 4.58 Å². The van der Waals surface area contributed by atoms with Gasteiger partial charge in [-0.05, 0) is 62.9 Å². The molecule has 246 valence electrons. The number of nitrogens with zero attached hydrogens (tertiary/aromatic N) is 3. The monoisotopic (exact) mass is 649 g/mol. The molecule has 11 heteroatoms. The molecular formula is C35H43N3O7S. The van der Waals surface area contributed by atoms with Gasteiger partial charge in [-0.1, -0.05) is 45.4 Å². The molecule has 2 heterocycles. The average molecular weight is 650 g/mol. The first-order valence-corrected chi connectivity index (χ1v) is 17.1. The van der Waals surface area contributed by atoms with Gasteiger partial charge in [0.05, 0.1) is 15.2 Å². The Morgan fingerprint density at radius 1 is 0.978 bits per heavy atom. The number of anilines is 1. The van der Waals surface area contributed by atoms with Crippen LogP contribution in [0.5, 0.6) is 0 Å². The van der Waals surface area contributed by atoms with E-state index in [1.807, 2.05) is 44.2 Å². The third kappa shape index (κ3) is 7.15. The highest BCUT2D eigenvalue weighted by Gasteiger charge is 2.44. The van der Waals surface area contributed by atoms with Crippen molar-refractivity contribution in [3.63, 3.8) is 0 Å². The summed E-state index contributed by atoms with van der Waals surface area (Å²) in [6.45, 7) is 11.7. The standard InChI is InChI=1S/C35H43N3O7S/c1-6-7-21-36-29-19-17-25(38(41)42)23-27(29)34(2,3)31(36)14-10-8-11-15-32-35(4,5)28-24-26(46(43,44)45)18-20-30(28)37(32)22-13-9-12-16-33(39)40/h8,10-11,14-15,17-20,23-24H,6-7,9,12-13,16,21-22H2,1-5H3,(H-,39,40,43,44,45). The lowest BCUT2D eigenvalue weighted by molar-refractivity contribution is -0.438. The maximum absolute atomic E-state index is 11.8. The van der Waals surface area contributed by atoms with E-state index in [-0.39, 0.29) is 21.9 Å². The number of unbranched alkanes of at least 4 members (excludes halogenated alkanes) is 3. The van der Waals surface area contributed by atoms with Gasteiger partial charge in [-0.25, -0.2) is 8.42 Å². The van der Waals surface area contributed by atoms with E-state index in [0.29, 0.717) is 13.0 Å². The van der Waals surface area contributed by atoms with E-state index in [4.69, 9.17) is 5.11 Å². The highest BCUT2D eigenvalue weighted by molar-refractivity contribution is 7.85. The number of non-ortho nitro benzene ring substituents is 1. The first-order valence-electron chi connectivity index (χ1n) is 15.7. The number of nitro groups is 1. The van der Waals surface area contributed by atoms with Gasteiger partial charge in [-0.15, -0.1) is 0 Å². The number of fused-ring (bicyclic) bond motifs is 2. The first kappa shape index (κ1) is 34.8. The van der Waals surface area contributed by atoms with E-state index < -0.39 is 26.9 Å². The van der Waals surface area contributed by atoms with Crippen molar-refractivity contribution >= 4 is 38.9 Å². The predicted octanol–water partition coefficient (Wildman–Crippen LogP) is 7.11. The molecule has 0 aromatic heterocycles. The maximum Gasteiger partial charge on any atom is 0.303 e. The van der Waals surface area contributed by atoms with Crippen molar-refractivity contribution in [2.24, 2.45) is 0 Å². The predicted molar refractivity (Wildman–Crippen MR) is 178 cm³/mol. The number of carbonyl (C=O) groups is 1. The number of allylic oxidation sites excluding steroid dienone is 6. The van der Waals surface area contributed by atoms with Crippen molar-refractivity contribution in [2.75, 3.05) is 18.0 Å². The molecule has 2 aliphatic rings. The Hall–Kier alpha value is -4.09. The zero-order valence-corrected chi connectivity index (χ0v) is 28.0. The second-order valence-corrected chi connectivity index (χ2v) is 14.3. The molecule has 2 aliphatic heterocycles. The van der Waals surface area contributed by atoms with Crippen LogP contribution in [0.1, 0.15) is 84.3 Å². The van der Waals surface area contributed by atoms with Gasteiger partial charge >= 0.3 is 5.97 Å². The topological polar surface area (TPSA) is 144 Å². The Bertz CT molecular complexity index is 1750. The lowest BCUT2D eigenvalue weighted by Gasteiger charge is -2.26. The third-order valence-electron chi connectivity index (χ3n) is 8.98. The molecule has 2 aromatic rings. The maximum atomic E-state index is 11.8. The van der Waals surface area contributed by atoms with Crippen LogP contribution in [0.3, 0.4) is 0 Å². The number of carboxylic acid groups (broad SMARTS) is 1. The van der Waals surface area contributed by atoms with Crippen LogP contribution in [-0.2, 0) is 25.7 Å². The summed E-state index contributed by atoms with van der Waals surface area (Å²) in [4.78, 5) is 24.1. The minimum atomic E-state index is -4.63. The largest absolute Gasteiger partial charge is 0.744 e. The fourth-order valence-electron chi connectivity index (χ4n) is 6.47. The van der Waals surface area contributed by atoms with Crippen molar-refractivity contribution in [1.82, 2.24) is 0 Å². The van der Waals surface area contributed by atoms with Crippen molar-refractivity contribution in [1.29, 1.82) is 0 Å². The van der Waals surface area contributed by atoms with E-state index >= 15 is 0 Å². The van der Waals surface area contributed by atoms with Crippen molar-refractivity contribution < 1.29 is 32.4 Å². The summed E-state index contributed by atoms with van der Waals surface area (Å²) in [5.41, 5.74) is 4.50. The average Bonchev–Trinajstić information content (AvgIpc) is 3.32. The minimum Gasteiger partial charge on any atom is -0.744 e. The van der Waals surface area contributed by atoms with E-state index in [0.717, 1.165) is 66.1 Å². The lowest BCUT2D eigenvalue weighted by atomic mass is 9.81. The van der Waals surface area contributed by atoms with Crippen molar-refractivity contribution in [3.8, 4) is 0 Å². The molecule has 0 saturated carbocycles. The van der Waals surface area contributed by atoms with Crippen molar-refractivity contribution in [2.45, 2.75) is 88.9 Å². The van der Waals surface area contributed by atoms with Gasteiger partial charge in [0, 0.05) is 66.0 Å². The molecule has 46 heavy (non-hydrogen) atoms. The number of benzene rings is 2. The summed E-state index contributed by atoms with van der Waals surface area (Å²) in [5.74, 6) is -0.824. The number of hydrogen-bond acceptors (Lipinski definition) is 7. The molecule has 0 spiro atoms. The number of hydrogen-bond donors (Lipinski definition) is 1. The molecule has 0 fully saturated rings. The molecular weight excluding hydrogens is 606 g/mol. The molecule has 0 atom stereocenters. The van der Waals surface area contributed by atoms with Crippen LogP contribution in [-0.4, -0.2) is 52.3 Å². The van der Waals surface area contributed by atoms with Crippen LogP contribution < -0.4 is 4.90 Å². The summed E-state index contributed by atoms with van der Waals surface area (Å²) >= 11 is 0. The first-order chi connectivity index (χ1) is 21.6. The molecule has 1 N–H and O–H groups in total. The summed E-state index contributed by atoms with van der Waals surface area (Å²) in [5, 5.41) is 20.5. The lowest BCUT2D eigenvalue weighted by Crippen LogP contribution is -2.28. The molecule has 0 aliphatic carbocycles. The van der Waals surface area contributed by atoms with Crippen molar-refractivity contribution in [3.05, 3.63) is 93.7 Å². The fraction of sp³-hybridized carbons (Fsp3) is 0.429. The van der Waals surface area contributed by atoms with Crippen LogP contribution >= 0.6 is 0 Å². The van der Waals surface area contributed by atoms with Gasteiger partial charge in [0.25, 0.3) is 5.69 Å². The minimum absolute atomic E-state index is 0.0746. The molecule has 0 bridgehead atoms. The smallest absolute Gasteiger partial charge is 0.303 e. The van der Waals surface area contributed by atoms with E-state index in [2.05, 4.69) is 36.3 Å². The van der Waals surface area contributed by atoms with Gasteiger partial charge in [0.15, 0.2) is 5.71 Å². The third-order valence-corrected chi connectivity index (χ3v) is 9.81. The van der Waals surface area contributed by atoms with Gasteiger partial charge in [-0.3, -0.25) is 14.9 Å². The van der Waals surface area contributed by atoms with Crippen LogP contribution in [0.4, 0.5) is 17.1 Å².